The maximum Gasteiger partial charge on any atom is 0.0576 e. The van der Waals surface area contributed by atoms with Gasteiger partial charge in [-0.1, -0.05) is 19.8 Å². The van der Waals surface area contributed by atoms with Crippen LogP contribution in [0.5, 0.6) is 0 Å². The van der Waals surface area contributed by atoms with E-state index in [0.29, 0.717) is 6.10 Å². The Morgan fingerprint density at radius 1 is 1.12 bits per heavy atom. The topological polar surface area (TPSA) is 21.3 Å². The zero-order valence-corrected chi connectivity index (χ0v) is 11.4. The molecular formula is C15H29NO. The summed E-state index contributed by atoms with van der Waals surface area (Å²) in [5.74, 6) is 0.960. The SMILES string of the molecule is CCCNC1CCCC(CCC2CCCO2)C1. The van der Waals surface area contributed by atoms with Crippen LogP contribution < -0.4 is 5.32 Å². The van der Waals surface area contributed by atoms with Crippen molar-refractivity contribution in [1.82, 2.24) is 5.32 Å². The van der Waals surface area contributed by atoms with Crippen molar-refractivity contribution in [3.63, 3.8) is 0 Å². The summed E-state index contributed by atoms with van der Waals surface area (Å²) in [7, 11) is 0. The Morgan fingerprint density at radius 2 is 2.06 bits per heavy atom. The largest absolute Gasteiger partial charge is 0.378 e. The summed E-state index contributed by atoms with van der Waals surface area (Å²) in [6, 6.07) is 0.804. The second-order valence-electron chi connectivity index (χ2n) is 5.90. The van der Waals surface area contributed by atoms with Crippen LogP contribution in [0, 0.1) is 5.92 Å². The van der Waals surface area contributed by atoms with Gasteiger partial charge in [0.15, 0.2) is 0 Å². The van der Waals surface area contributed by atoms with Crippen LogP contribution in [0.15, 0.2) is 0 Å². The number of rotatable bonds is 6. The molecule has 1 saturated heterocycles. The van der Waals surface area contributed by atoms with Gasteiger partial charge in [-0.25, -0.2) is 0 Å². The van der Waals surface area contributed by atoms with Crippen LogP contribution >= 0.6 is 0 Å². The maximum atomic E-state index is 5.72. The second kappa shape index (κ2) is 7.38. The molecule has 0 amide bonds. The Hall–Kier alpha value is -0.0800. The quantitative estimate of drug-likeness (QED) is 0.766. The average Bonchev–Trinajstić information content (AvgIpc) is 2.87. The number of hydrogen-bond donors (Lipinski definition) is 1. The fourth-order valence-electron chi connectivity index (χ4n) is 3.38. The van der Waals surface area contributed by atoms with Crippen LogP contribution in [-0.4, -0.2) is 25.3 Å². The molecule has 0 aromatic rings. The molecule has 2 heteroatoms. The third-order valence-electron chi connectivity index (χ3n) is 4.39. The summed E-state index contributed by atoms with van der Waals surface area (Å²) in [4.78, 5) is 0. The molecule has 2 rings (SSSR count). The molecule has 0 radical (unpaired) electrons. The van der Waals surface area contributed by atoms with Crippen molar-refractivity contribution in [2.24, 2.45) is 5.92 Å². The highest BCUT2D eigenvalue weighted by Crippen LogP contribution is 2.30. The first kappa shape index (κ1) is 13.4. The van der Waals surface area contributed by atoms with E-state index in [2.05, 4.69) is 12.2 Å². The van der Waals surface area contributed by atoms with Gasteiger partial charge in [0.2, 0.25) is 0 Å². The molecule has 2 aliphatic rings. The fourth-order valence-corrected chi connectivity index (χ4v) is 3.38. The number of hydrogen-bond acceptors (Lipinski definition) is 2. The first-order chi connectivity index (χ1) is 8.38. The lowest BCUT2D eigenvalue weighted by atomic mass is 9.82. The van der Waals surface area contributed by atoms with E-state index in [4.69, 9.17) is 4.74 Å². The standard InChI is InChI=1S/C15H29NO/c1-2-10-16-14-6-3-5-13(12-14)8-9-15-7-4-11-17-15/h13-16H,2-12H2,1H3. The molecule has 1 heterocycles. The first-order valence-electron chi connectivity index (χ1n) is 7.73. The molecule has 2 nitrogen and oxygen atoms in total. The van der Waals surface area contributed by atoms with Gasteiger partial charge in [-0.05, 0) is 57.4 Å². The van der Waals surface area contributed by atoms with Gasteiger partial charge in [-0.2, -0.15) is 0 Å². The minimum atomic E-state index is 0.596. The van der Waals surface area contributed by atoms with Crippen LogP contribution in [0.25, 0.3) is 0 Å². The maximum absolute atomic E-state index is 5.72. The van der Waals surface area contributed by atoms with Crippen molar-refractivity contribution in [3.8, 4) is 0 Å². The second-order valence-corrected chi connectivity index (χ2v) is 5.90. The van der Waals surface area contributed by atoms with Gasteiger partial charge in [0.05, 0.1) is 6.10 Å². The highest BCUT2D eigenvalue weighted by Gasteiger charge is 2.23. The molecule has 1 N–H and O–H groups in total. The smallest absolute Gasteiger partial charge is 0.0576 e. The molecule has 0 aromatic heterocycles. The van der Waals surface area contributed by atoms with Crippen LogP contribution in [0.2, 0.25) is 0 Å². The van der Waals surface area contributed by atoms with Crippen LogP contribution in [0.4, 0.5) is 0 Å². The van der Waals surface area contributed by atoms with Gasteiger partial charge in [0, 0.05) is 12.6 Å². The zero-order chi connectivity index (χ0) is 11.9. The molecule has 0 aromatic carbocycles. The zero-order valence-electron chi connectivity index (χ0n) is 11.4. The van der Waals surface area contributed by atoms with E-state index in [-0.39, 0.29) is 0 Å². The first-order valence-corrected chi connectivity index (χ1v) is 7.73. The van der Waals surface area contributed by atoms with Crippen molar-refractivity contribution in [2.45, 2.75) is 76.9 Å². The monoisotopic (exact) mass is 239 g/mol. The molecular weight excluding hydrogens is 210 g/mol. The molecule has 0 bridgehead atoms. The Kier molecular flexibility index (Phi) is 5.79. The van der Waals surface area contributed by atoms with Crippen molar-refractivity contribution in [3.05, 3.63) is 0 Å². The van der Waals surface area contributed by atoms with Crippen molar-refractivity contribution in [1.29, 1.82) is 0 Å². The molecule has 1 aliphatic carbocycles. The highest BCUT2D eigenvalue weighted by atomic mass is 16.5. The Labute approximate surface area is 107 Å². The van der Waals surface area contributed by atoms with Crippen molar-refractivity contribution < 1.29 is 4.74 Å². The van der Waals surface area contributed by atoms with E-state index in [1.807, 2.05) is 0 Å². The van der Waals surface area contributed by atoms with Gasteiger partial charge < -0.3 is 10.1 Å². The van der Waals surface area contributed by atoms with Crippen molar-refractivity contribution in [2.75, 3.05) is 13.2 Å². The van der Waals surface area contributed by atoms with E-state index in [1.165, 1.54) is 64.3 Å². The summed E-state index contributed by atoms with van der Waals surface area (Å²) in [5.41, 5.74) is 0. The Balaban J connectivity index is 1.62. The predicted molar refractivity (Wildman–Crippen MR) is 72.2 cm³/mol. The summed E-state index contributed by atoms with van der Waals surface area (Å²) >= 11 is 0. The lowest BCUT2D eigenvalue weighted by molar-refractivity contribution is 0.0946. The third-order valence-corrected chi connectivity index (χ3v) is 4.39. The summed E-state index contributed by atoms with van der Waals surface area (Å²) in [6.45, 7) is 4.46. The fraction of sp³-hybridized carbons (Fsp3) is 1.00. The molecule has 1 saturated carbocycles. The Bertz CT molecular complexity index is 201. The van der Waals surface area contributed by atoms with E-state index >= 15 is 0 Å². The minimum absolute atomic E-state index is 0.596. The molecule has 1 aliphatic heterocycles. The summed E-state index contributed by atoms with van der Waals surface area (Å²) < 4.78 is 5.72. The van der Waals surface area contributed by atoms with E-state index in [0.717, 1.165) is 18.6 Å². The lowest BCUT2D eigenvalue weighted by Crippen LogP contribution is -2.34. The van der Waals surface area contributed by atoms with Gasteiger partial charge in [-0.3, -0.25) is 0 Å². The van der Waals surface area contributed by atoms with Gasteiger partial charge in [-0.15, -0.1) is 0 Å². The highest BCUT2D eigenvalue weighted by molar-refractivity contribution is 4.79. The van der Waals surface area contributed by atoms with E-state index in [9.17, 15) is 0 Å². The molecule has 17 heavy (non-hydrogen) atoms. The van der Waals surface area contributed by atoms with Crippen LogP contribution in [-0.2, 0) is 4.74 Å². The van der Waals surface area contributed by atoms with Gasteiger partial charge in [0.25, 0.3) is 0 Å². The Morgan fingerprint density at radius 3 is 2.82 bits per heavy atom. The third kappa shape index (κ3) is 4.59. The summed E-state index contributed by atoms with van der Waals surface area (Å²) in [5, 5.41) is 3.70. The molecule has 2 fully saturated rings. The summed E-state index contributed by atoms with van der Waals surface area (Å²) in [6.07, 6.45) is 12.9. The predicted octanol–water partition coefficient (Wildman–Crippen LogP) is 3.50. The normalized spacial score (nSPS) is 34.1. The van der Waals surface area contributed by atoms with Crippen molar-refractivity contribution >= 4 is 0 Å². The van der Waals surface area contributed by atoms with Gasteiger partial charge >= 0.3 is 0 Å². The van der Waals surface area contributed by atoms with E-state index in [1.54, 1.807) is 0 Å². The minimum Gasteiger partial charge on any atom is -0.378 e. The van der Waals surface area contributed by atoms with Crippen LogP contribution in [0.3, 0.4) is 0 Å². The van der Waals surface area contributed by atoms with Crippen LogP contribution in [0.1, 0.15) is 64.7 Å². The molecule has 0 spiro atoms. The van der Waals surface area contributed by atoms with E-state index < -0.39 is 0 Å². The average molecular weight is 239 g/mol. The lowest BCUT2D eigenvalue weighted by Gasteiger charge is -2.30. The molecule has 100 valence electrons. The number of nitrogens with one attached hydrogen (secondary N) is 1. The number of ether oxygens (including phenoxy) is 1. The van der Waals surface area contributed by atoms with Gasteiger partial charge in [0.1, 0.15) is 0 Å². The molecule has 3 unspecified atom stereocenters. The molecule has 3 atom stereocenters.